The van der Waals surface area contributed by atoms with Gasteiger partial charge >= 0.3 is 0 Å². The zero-order chi connectivity index (χ0) is 42.6. The second kappa shape index (κ2) is 15.3. The van der Waals surface area contributed by atoms with Crippen molar-refractivity contribution in [1.29, 1.82) is 5.26 Å². The molecule has 0 unspecified atom stereocenters. The highest BCUT2D eigenvalue weighted by atomic mass is 15.0. The first-order valence-corrected chi connectivity index (χ1v) is 21.6. The molecule has 298 valence electrons. The summed E-state index contributed by atoms with van der Waals surface area (Å²) in [5, 5.41) is 15.5. The third-order valence-electron chi connectivity index (χ3n) is 12.5. The fraction of sp³-hybridized carbons (Fsp3) is 0. The Morgan fingerprint density at radius 1 is 0.312 bits per heavy atom. The van der Waals surface area contributed by atoms with Crippen LogP contribution in [0.1, 0.15) is 5.56 Å². The Labute approximate surface area is 370 Å². The number of para-hydroxylation sites is 2. The summed E-state index contributed by atoms with van der Waals surface area (Å²) in [5.74, 6) is 0. The molecule has 4 heteroatoms. The van der Waals surface area contributed by atoms with E-state index in [1.54, 1.807) is 0 Å². The van der Waals surface area contributed by atoms with Crippen LogP contribution in [-0.4, -0.2) is 14.1 Å². The fourth-order valence-corrected chi connectivity index (χ4v) is 9.60. The van der Waals surface area contributed by atoms with Gasteiger partial charge in [0.15, 0.2) is 0 Å². The molecule has 3 heterocycles. The Kier molecular flexibility index (Phi) is 8.84. The third-order valence-corrected chi connectivity index (χ3v) is 12.5. The molecule has 0 N–H and O–H groups in total. The van der Waals surface area contributed by atoms with E-state index in [9.17, 15) is 5.26 Å². The smallest absolute Gasteiger partial charge is 0.0993 e. The van der Waals surface area contributed by atoms with E-state index in [4.69, 9.17) is 4.98 Å². The van der Waals surface area contributed by atoms with E-state index in [0.717, 1.165) is 111 Å². The molecule has 0 spiro atoms. The van der Waals surface area contributed by atoms with Gasteiger partial charge < -0.3 is 9.13 Å². The number of hydrogen-bond acceptors (Lipinski definition) is 2. The number of nitrogens with zero attached hydrogens (tertiary/aromatic N) is 4. The van der Waals surface area contributed by atoms with Gasteiger partial charge in [-0.25, -0.2) is 4.98 Å². The van der Waals surface area contributed by atoms with E-state index < -0.39 is 0 Å². The van der Waals surface area contributed by atoms with Crippen LogP contribution in [0.2, 0.25) is 0 Å². The first-order valence-electron chi connectivity index (χ1n) is 21.6. The lowest BCUT2D eigenvalue weighted by molar-refractivity contribution is 1.12. The van der Waals surface area contributed by atoms with Crippen molar-refractivity contribution >= 4 is 43.6 Å². The van der Waals surface area contributed by atoms with Crippen molar-refractivity contribution in [3.05, 3.63) is 236 Å². The largest absolute Gasteiger partial charge is 0.308 e. The third kappa shape index (κ3) is 6.18. The van der Waals surface area contributed by atoms with Crippen LogP contribution < -0.4 is 0 Å². The Bertz CT molecular complexity index is 3600. The van der Waals surface area contributed by atoms with Crippen molar-refractivity contribution in [2.45, 2.75) is 0 Å². The van der Waals surface area contributed by atoms with Crippen LogP contribution in [0.5, 0.6) is 0 Å². The summed E-state index contributed by atoms with van der Waals surface area (Å²) >= 11 is 0. The van der Waals surface area contributed by atoms with Crippen LogP contribution in [0.15, 0.2) is 231 Å². The molecule has 0 fully saturated rings. The Hall–Kier alpha value is -8.78. The molecule has 0 radical (unpaired) electrons. The number of nitriles is 1. The summed E-state index contributed by atoms with van der Waals surface area (Å²) in [7, 11) is 0. The molecule has 0 aliphatic carbocycles. The number of hydrogen-bond donors (Lipinski definition) is 0. The van der Waals surface area contributed by atoms with Crippen molar-refractivity contribution in [3.63, 3.8) is 0 Å². The SMILES string of the molecule is N#Cc1cc(-n2c3ccccc3c3ccc(-c4ccccc4)cc32)c(-c2cccc(-c3cccc(-c4ccccc4)c3)n2)c(-n2c3ccccc3c3ccc(-c4ccccc4)cc32)c1. The molecule has 4 nitrogen and oxygen atoms in total. The van der Waals surface area contributed by atoms with E-state index >= 15 is 0 Å². The molecule has 0 aliphatic heterocycles. The summed E-state index contributed by atoms with van der Waals surface area (Å²) in [6.45, 7) is 0. The minimum atomic E-state index is 0.552. The van der Waals surface area contributed by atoms with Gasteiger partial charge in [-0.1, -0.05) is 176 Å². The van der Waals surface area contributed by atoms with Gasteiger partial charge in [0.2, 0.25) is 0 Å². The van der Waals surface area contributed by atoms with Gasteiger partial charge in [0.25, 0.3) is 0 Å². The highest BCUT2D eigenvalue weighted by molar-refractivity contribution is 6.13. The van der Waals surface area contributed by atoms with Crippen molar-refractivity contribution in [2.24, 2.45) is 0 Å². The standard InChI is InChI=1S/C60H38N4/c61-39-40-34-58(63-54-28-12-10-24-48(54)50-32-30-45(37-56(50)63)42-18-6-2-7-19-42)60(53-27-15-26-52(62-53)47-23-14-22-44(36-47)41-16-4-1-5-17-41)59(35-40)64-55-29-13-11-25-49(55)51-33-31-46(38-57(51)64)43-20-8-3-9-21-43/h1-38H. The zero-order valence-corrected chi connectivity index (χ0v) is 34.7. The van der Waals surface area contributed by atoms with Crippen LogP contribution in [0.25, 0.3) is 111 Å². The predicted octanol–water partition coefficient (Wildman–Crippen LogP) is 15.5. The van der Waals surface area contributed by atoms with E-state index in [-0.39, 0.29) is 0 Å². The number of pyridine rings is 1. The van der Waals surface area contributed by atoms with Gasteiger partial charge in [-0.2, -0.15) is 5.26 Å². The summed E-state index contributed by atoms with van der Waals surface area (Å²) in [6.07, 6.45) is 0. The Balaban J connectivity index is 1.20. The van der Waals surface area contributed by atoms with Crippen LogP contribution >= 0.6 is 0 Å². The fourth-order valence-electron chi connectivity index (χ4n) is 9.60. The van der Waals surface area contributed by atoms with E-state index in [1.165, 1.54) is 0 Å². The van der Waals surface area contributed by atoms with Gasteiger partial charge in [-0.05, 0) is 88.0 Å². The van der Waals surface area contributed by atoms with Gasteiger partial charge in [0, 0.05) is 32.7 Å². The normalized spacial score (nSPS) is 11.4. The maximum absolute atomic E-state index is 11.0. The van der Waals surface area contributed by atoms with E-state index in [0.29, 0.717) is 5.56 Å². The first kappa shape index (κ1) is 37.0. The molecule has 0 amide bonds. The summed E-state index contributed by atoms with van der Waals surface area (Å²) in [4.78, 5) is 5.59. The lowest BCUT2D eigenvalue weighted by Crippen LogP contribution is -2.06. The van der Waals surface area contributed by atoms with Gasteiger partial charge in [0.05, 0.1) is 56.5 Å². The summed E-state index contributed by atoms with van der Waals surface area (Å²) in [5.41, 5.74) is 16.9. The van der Waals surface area contributed by atoms with Crippen LogP contribution in [0.3, 0.4) is 0 Å². The van der Waals surface area contributed by atoms with Gasteiger partial charge in [-0.15, -0.1) is 0 Å². The van der Waals surface area contributed by atoms with Crippen molar-refractivity contribution in [3.8, 4) is 73.3 Å². The maximum atomic E-state index is 11.0. The maximum Gasteiger partial charge on any atom is 0.0993 e. The first-order chi connectivity index (χ1) is 31.7. The molecule has 64 heavy (non-hydrogen) atoms. The molecule has 0 aliphatic rings. The molecule has 0 saturated heterocycles. The van der Waals surface area contributed by atoms with Gasteiger partial charge in [-0.3, -0.25) is 0 Å². The molecule has 9 aromatic carbocycles. The molecule has 12 aromatic rings. The highest BCUT2D eigenvalue weighted by Crippen LogP contribution is 2.44. The van der Waals surface area contributed by atoms with E-state index in [1.807, 2.05) is 18.2 Å². The number of aromatic nitrogens is 3. The van der Waals surface area contributed by atoms with Crippen LogP contribution in [0, 0.1) is 11.3 Å². The molecular formula is C60H38N4. The quantitative estimate of drug-likeness (QED) is 0.161. The molecule has 0 saturated carbocycles. The predicted molar refractivity (Wildman–Crippen MR) is 265 cm³/mol. The Morgan fingerprint density at radius 3 is 1.23 bits per heavy atom. The molecule has 3 aromatic heterocycles. The van der Waals surface area contributed by atoms with Crippen molar-refractivity contribution < 1.29 is 0 Å². The Morgan fingerprint density at radius 2 is 0.719 bits per heavy atom. The monoisotopic (exact) mass is 814 g/mol. The highest BCUT2D eigenvalue weighted by Gasteiger charge is 2.25. The summed E-state index contributed by atoms with van der Waals surface area (Å²) < 4.78 is 4.70. The average molecular weight is 815 g/mol. The van der Waals surface area contributed by atoms with E-state index in [2.05, 4.69) is 228 Å². The number of fused-ring (bicyclic) bond motifs is 6. The molecular weight excluding hydrogens is 777 g/mol. The molecule has 0 bridgehead atoms. The lowest BCUT2D eigenvalue weighted by Gasteiger charge is -2.21. The number of rotatable bonds is 7. The second-order valence-electron chi connectivity index (χ2n) is 16.3. The lowest BCUT2D eigenvalue weighted by atomic mass is 9.99. The van der Waals surface area contributed by atoms with Crippen LogP contribution in [-0.2, 0) is 0 Å². The molecule has 12 rings (SSSR count). The zero-order valence-electron chi connectivity index (χ0n) is 34.7. The summed E-state index contributed by atoms with van der Waals surface area (Å²) in [6, 6.07) is 83.8. The number of benzene rings is 9. The minimum absolute atomic E-state index is 0.552. The van der Waals surface area contributed by atoms with Crippen molar-refractivity contribution in [1.82, 2.24) is 14.1 Å². The minimum Gasteiger partial charge on any atom is -0.308 e. The van der Waals surface area contributed by atoms with Crippen molar-refractivity contribution in [2.75, 3.05) is 0 Å². The van der Waals surface area contributed by atoms with Gasteiger partial charge in [0.1, 0.15) is 0 Å². The second-order valence-corrected chi connectivity index (χ2v) is 16.3. The molecule has 0 atom stereocenters. The van der Waals surface area contributed by atoms with Crippen LogP contribution in [0.4, 0.5) is 0 Å². The average Bonchev–Trinajstić information content (AvgIpc) is 3.89. The topological polar surface area (TPSA) is 46.5 Å².